The molecule has 0 spiro atoms. The van der Waals surface area contributed by atoms with E-state index in [-0.39, 0.29) is 5.56 Å². The smallest absolute Gasteiger partial charge is 0.275 e. The molecule has 0 amide bonds. The third-order valence-electron chi connectivity index (χ3n) is 4.91. The van der Waals surface area contributed by atoms with Gasteiger partial charge < -0.3 is 4.74 Å². The molecule has 0 bridgehead atoms. The molecule has 0 saturated heterocycles. The molecule has 2 aromatic heterocycles. The fourth-order valence-corrected chi connectivity index (χ4v) is 4.43. The third-order valence-corrected chi connectivity index (χ3v) is 5.87. The van der Waals surface area contributed by atoms with Gasteiger partial charge in [0.25, 0.3) is 5.56 Å². The van der Waals surface area contributed by atoms with Crippen LogP contribution in [0.2, 0.25) is 0 Å². The van der Waals surface area contributed by atoms with Crippen molar-refractivity contribution in [1.29, 1.82) is 0 Å². The highest BCUT2D eigenvalue weighted by Crippen LogP contribution is 2.35. The summed E-state index contributed by atoms with van der Waals surface area (Å²) >= 11 is 1.44. The maximum absolute atomic E-state index is 13.1. The molecule has 0 aliphatic carbocycles. The van der Waals surface area contributed by atoms with Crippen LogP contribution in [0.5, 0.6) is 5.75 Å². The van der Waals surface area contributed by atoms with Gasteiger partial charge in [-0.1, -0.05) is 42.5 Å². The van der Waals surface area contributed by atoms with Crippen molar-refractivity contribution in [1.82, 2.24) is 9.55 Å². The summed E-state index contributed by atoms with van der Waals surface area (Å²) in [5.74, 6) is 0.750. The van der Waals surface area contributed by atoms with Gasteiger partial charge in [0.2, 0.25) is 0 Å². The number of fused-ring (bicyclic) bond motifs is 2. The minimum Gasteiger partial charge on any atom is -0.497 e. The van der Waals surface area contributed by atoms with Crippen LogP contribution in [0.1, 0.15) is 0 Å². The molecule has 3 aromatic carbocycles. The first-order valence-corrected chi connectivity index (χ1v) is 9.75. The maximum Gasteiger partial charge on any atom is 0.275 e. The van der Waals surface area contributed by atoms with Gasteiger partial charge in [-0.15, -0.1) is 11.3 Å². The molecule has 0 fully saturated rings. The van der Waals surface area contributed by atoms with Crippen molar-refractivity contribution in [2.75, 3.05) is 7.11 Å². The summed E-state index contributed by atoms with van der Waals surface area (Å²) in [5.41, 5.74) is 3.54. The van der Waals surface area contributed by atoms with E-state index in [1.165, 1.54) is 16.7 Å². The highest BCUT2D eigenvalue weighted by Gasteiger charge is 2.15. The Hall–Kier alpha value is -3.44. The summed E-state index contributed by atoms with van der Waals surface area (Å²) in [6.07, 6.45) is 1.60. The molecule has 5 heteroatoms. The number of methoxy groups -OCH3 is 1. The fourth-order valence-electron chi connectivity index (χ4n) is 3.49. The summed E-state index contributed by atoms with van der Waals surface area (Å²) in [6, 6.07) is 21.9. The third kappa shape index (κ3) is 2.60. The van der Waals surface area contributed by atoms with Gasteiger partial charge in [0.05, 0.1) is 18.3 Å². The molecule has 0 saturated carbocycles. The van der Waals surface area contributed by atoms with Crippen molar-refractivity contribution in [3.8, 4) is 22.6 Å². The predicted molar refractivity (Wildman–Crippen MR) is 115 cm³/mol. The van der Waals surface area contributed by atoms with Crippen LogP contribution in [0.4, 0.5) is 0 Å². The van der Waals surface area contributed by atoms with Crippen molar-refractivity contribution in [3.63, 3.8) is 0 Å². The van der Waals surface area contributed by atoms with E-state index in [2.05, 4.69) is 29.2 Å². The number of hydrogen-bond acceptors (Lipinski definition) is 4. The Morgan fingerprint density at radius 1 is 0.929 bits per heavy atom. The zero-order valence-corrected chi connectivity index (χ0v) is 15.9. The normalized spacial score (nSPS) is 11.2. The van der Waals surface area contributed by atoms with Crippen LogP contribution in [-0.4, -0.2) is 16.7 Å². The van der Waals surface area contributed by atoms with E-state index >= 15 is 0 Å². The quantitative estimate of drug-likeness (QED) is 0.425. The van der Waals surface area contributed by atoms with Crippen LogP contribution >= 0.6 is 11.3 Å². The Labute approximate surface area is 165 Å². The summed E-state index contributed by atoms with van der Waals surface area (Å²) in [6.45, 7) is 0. The molecule has 136 valence electrons. The average Bonchev–Trinajstić information content (AvgIpc) is 3.18. The van der Waals surface area contributed by atoms with Crippen molar-refractivity contribution in [3.05, 3.63) is 88.8 Å². The Bertz CT molecular complexity index is 1360. The van der Waals surface area contributed by atoms with E-state index in [4.69, 9.17) is 4.74 Å². The van der Waals surface area contributed by atoms with E-state index in [1.807, 2.05) is 47.8 Å². The van der Waals surface area contributed by atoms with Gasteiger partial charge >= 0.3 is 0 Å². The number of benzene rings is 3. The Morgan fingerprint density at radius 3 is 2.54 bits per heavy atom. The number of thiophene rings is 1. The van der Waals surface area contributed by atoms with E-state index in [0.29, 0.717) is 4.70 Å². The second-order valence-corrected chi connectivity index (χ2v) is 7.35. The standard InChI is InChI=1S/C23H16N2O2S/c1-27-17-11-9-16(10-12-17)25-14-24-21-20(13-28-22(21)23(25)26)19-8-4-6-15-5-2-3-7-18(15)19/h2-14H,1H3. The van der Waals surface area contributed by atoms with Crippen LogP contribution in [0.25, 0.3) is 37.8 Å². The second-order valence-electron chi connectivity index (χ2n) is 6.47. The zero-order chi connectivity index (χ0) is 19.1. The molecule has 2 heterocycles. The summed E-state index contributed by atoms with van der Waals surface area (Å²) in [5, 5.41) is 4.36. The molecule has 0 N–H and O–H groups in total. The summed E-state index contributed by atoms with van der Waals surface area (Å²) < 4.78 is 7.42. The number of rotatable bonds is 3. The second kappa shape index (κ2) is 6.62. The van der Waals surface area contributed by atoms with Gasteiger partial charge in [0, 0.05) is 10.9 Å². The topological polar surface area (TPSA) is 44.1 Å². The summed E-state index contributed by atoms with van der Waals surface area (Å²) in [4.78, 5) is 17.7. The summed E-state index contributed by atoms with van der Waals surface area (Å²) in [7, 11) is 1.62. The van der Waals surface area contributed by atoms with Gasteiger partial charge in [0.15, 0.2) is 0 Å². The molecule has 5 rings (SSSR count). The van der Waals surface area contributed by atoms with Crippen LogP contribution in [-0.2, 0) is 0 Å². The molecule has 0 aliphatic rings. The predicted octanol–water partition coefficient (Wildman–Crippen LogP) is 5.28. The highest BCUT2D eigenvalue weighted by molar-refractivity contribution is 7.17. The molecule has 28 heavy (non-hydrogen) atoms. The Balaban J connectivity index is 1.69. The van der Waals surface area contributed by atoms with Gasteiger partial charge in [-0.25, -0.2) is 4.98 Å². The lowest BCUT2D eigenvalue weighted by Gasteiger charge is -2.08. The zero-order valence-electron chi connectivity index (χ0n) is 15.1. The van der Waals surface area contributed by atoms with Crippen LogP contribution in [0, 0.1) is 0 Å². The Kier molecular flexibility index (Phi) is 3.95. The first-order valence-electron chi connectivity index (χ1n) is 8.87. The fraction of sp³-hybridized carbons (Fsp3) is 0.0435. The number of nitrogens with zero attached hydrogens (tertiary/aromatic N) is 2. The molecular formula is C23H16N2O2S. The highest BCUT2D eigenvalue weighted by atomic mass is 32.1. The van der Waals surface area contributed by atoms with Crippen molar-refractivity contribution in [2.24, 2.45) is 0 Å². The van der Waals surface area contributed by atoms with Crippen LogP contribution in [0.3, 0.4) is 0 Å². The van der Waals surface area contributed by atoms with Crippen molar-refractivity contribution in [2.45, 2.75) is 0 Å². The lowest BCUT2D eigenvalue weighted by molar-refractivity contribution is 0.414. The average molecular weight is 384 g/mol. The number of aromatic nitrogens is 2. The maximum atomic E-state index is 13.1. The molecule has 4 nitrogen and oxygen atoms in total. The van der Waals surface area contributed by atoms with E-state index < -0.39 is 0 Å². The molecule has 5 aromatic rings. The van der Waals surface area contributed by atoms with Gasteiger partial charge in [-0.2, -0.15) is 0 Å². The Morgan fingerprint density at radius 2 is 1.71 bits per heavy atom. The monoisotopic (exact) mass is 384 g/mol. The molecule has 0 aliphatic heterocycles. The SMILES string of the molecule is COc1ccc(-n2cnc3c(-c4cccc5ccccc45)csc3c2=O)cc1. The molecule has 0 atom stereocenters. The van der Waals surface area contributed by atoms with Crippen molar-refractivity contribution >= 4 is 32.3 Å². The lowest BCUT2D eigenvalue weighted by Crippen LogP contribution is -2.17. The van der Waals surface area contributed by atoms with Gasteiger partial charge in [0.1, 0.15) is 16.8 Å². The lowest BCUT2D eigenvalue weighted by atomic mass is 10.00. The van der Waals surface area contributed by atoms with E-state index in [9.17, 15) is 4.79 Å². The van der Waals surface area contributed by atoms with Crippen molar-refractivity contribution < 1.29 is 4.74 Å². The van der Waals surface area contributed by atoms with Crippen LogP contribution in [0.15, 0.2) is 83.2 Å². The minimum absolute atomic E-state index is 0.0633. The first kappa shape index (κ1) is 16.7. The van der Waals surface area contributed by atoms with E-state index in [0.717, 1.165) is 33.5 Å². The molecular weight excluding hydrogens is 368 g/mol. The molecule has 0 unspecified atom stereocenters. The number of ether oxygens (including phenoxy) is 1. The first-order chi connectivity index (χ1) is 13.8. The molecule has 0 radical (unpaired) electrons. The minimum atomic E-state index is -0.0633. The number of hydrogen-bond donors (Lipinski definition) is 0. The van der Waals surface area contributed by atoms with Gasteiger partial charge in [-0.3, -0.25) is 9.36 Å². The van der Waals surface area contributed by atoms with Crippen LogP contribution < -0.4 is 10.3 Å². The largest absolute Gasteiger partial charge is 0.497 e. The van der Waals surface area contributed by atoms with Gasteiger partial charge in [-0.05, 0) is 40.6 Å². The van der Waals surface area contributed by atoms with E-state index in [1.54, 1.807) is 18.0 Å².